The molecule has 2 heterocycles. The van der Waals surface area contributed by atoms with E-state index in [1.807, 2.05) is 61.7 Å². The van der Waals surface area contributed by atoms with Crippen molar-refractivity contribution in [3.05, 3.63) is 104 Å². The Morgan fingerprint density at radius 3 is 2.62 bits per heavy atom. The van der Waals surface area contributed by atoms with Crippen LogP contribution < -0.4 is 4.74 Å². The zero-order valence-corrected chi connectivity index (χ0v) is 24.2. The second-order valence-corrected chi connectivity index (χ2v) is 11.4. The zero-order valence-electron chi connectivity index (χ0n) is 21.0. The van der Waals surface area contributed by atoms with E-state index in [0.717, 1.165) is 49.6 Å². The van der Waals surface area contributed by atoms with Gasteiger partial charge in [0.15, 0.2) is 5.78 Å². The molecule has 1 fully saturated rings. The van der Waals surface area contributed by atoms with E-state index in [1.54, 1.807) is 24.3 Å². The van der Waals surface area contributed by atoms with Gasteiger partial charge in [0.25, 0.3) is 11.1 Å². The molecule has 1 saturated heterocycles. The molecule has 0 atom stereocenters. The topological polar surface area (TPSA) is 68.6 Å². The number of hydrogen-bond acceptors (Lipinski definition) is 5. The minimum absolute atomic E-state index is 0.280. The maximum Gasteiger partial charge on any atom is 0.293 e. The molecule has 9 heteroatoms. The van der Waals surface area contributed by atoms with Crippen molar-refractivity contribution >= 4 is 73.2 Å². The molecule has 3 aromatic carbocycles. The summed E-state index contributed by atoms with van der Waals surface area (Å²) in [6.45, 7) is 2.81. The predicted molar refractivity (Wildman–Crippen MR) is 159 cm³/mol. The second kappa shape index (κ2) is 11.8. The van der Waals surface area contributed by atoms with E-state index < -0.39 is 11.1 Å². The fourth-order valence-electron chi connectivity index (χ4n) is 4.33. The first-order chi connectivity index (χ1) is 18.8. The van der Waals surface area contributed by atoms with Gasteiger partial charge in [0.1, 0.15) is 5.75 Å². The van der Waals surface area contributed by atoms with E-state index in [4.69, 9.17) is 16.3 Å². The Kier molecular flexibility index (Phi) is 8.26. The maximum atomic E-state index is 13.1. The number of aryl methyl sites for hydroxylation is 2. The third-order valence-electron chi connectivity index (χ3n) is 6.35. The quantitative estimate of drug-likeness (QED) is 0.108. The van der Waals surface area contributed by atoms with Gasteiger partial charge in [-0.05, 0) is 61.5 Å². The Hall–Kier alpha value is -3.33. The van der Waals surface area contributed by atoms with Gasteiger partial charge in [-0.1, -0.05) is 69.5 Å². The molecule has 0 radical (unpaired) electrons. The van der Waals surface area contributed by atoms with Gasteiger partial charge in [-0.3, -0.25) is 19.3 Å². The average molecular weight is 624 g/mol. The van der Waals surface area contributed by atoms with Crippen LogP contribution in [0.15, 0.2) is 82.3 Å². The number of imide groups is 1. The van der Waals surface area contributed by atoms with Crippen LogP contribution in [0.3, 0.4) is 0 Å². The van der Waals surface area contributed by atoms with E-state index >= 15 is 0 Å². The number of rotatable bonds is 9. The Balaban J connectivity index is 1.33. The fraction of sp³-hybridized carbons (Fsp3) is 0.167. The highest BCUT2D eigenvalue weighted by atomic mass is 79.9. The molecule has 6 nitrogen and oxygen atoms in total. The number of Topliss-reactive ketones (excluding diaryl/α,β-unsaturated/α-hetero) is 1. The van der Waals surface area contributed by atoms with Crippen molar-refractivity contribution in [1.29, 1.82) is 0 Å². The number of fused-ring (bicyclic) bond motifs is 1. The van der Waals surface area contributed by atoms with E-state index in [0.29, 0.717) is 29.5 Å². The molecular formula is C30H24BrClN2O4S. The van der Waals surface area contributed by atoms with Crippen LogP contribution >= 0.6 is 39.3 Å². The second-order valence-electron chi connectivity index (χ2n) is 9.13. The van der Waals surface area contributed by atoms with Crippen LogP contribution in [0, 0.1) is 6.92 Å². The number of para-hydroxylation sites is 1. The van der Waals surface area contributed by atoms with Crippen molar-refractivity contribution in [3.63, 3.8) is 0 Å². The van der Waals surface area contributed by atoms with Crippen LogP contribution in [0.5, 0.6) is 5.75 Å². The minimum Gasteiger partial charge on any atom is -0.492 e. The van der Waals surface area contributed by atoms with Gasteiger partial charge in [0.2, 0.25) is 0 Å². The number of thioether (sulfide) groups is 1. The molecule has 0 N–H and O–H groups in total. The van der Waals surface area contributed by atoms with Gasteiger partial charge in [-0.25, -0.2) is 0 Å². The van der Waals surface area contributed by atoms with E-state index in [9.17, 15) is 14.4 Å². The molecule has 0 bridgehead atoms. The van der Waals surface area contributed by atoms with Crippen molar-refractivity contribution < 1.29 is 19.1 Å². The number of hydrogen-bond donors (Lipinski definition) is 0. The molecule has 2 amide bonds. The minimum atomic E-state index is -0.463. The molecule has 1 aromatic heterocycles. The Labute approximate surface area is 243 Å². The number of ether oxygens (including phenoxy) is 1. The van der Waals surface area contributed by atoms with Gasteiger partial charge >= 0.3 is 0 Å². The number of halogens is 2. The van der Waals surface area contributed by atoms with Gasteiger partial charge in [0.05, 0.1) is 23.1 Å². The van der Waals surface area contributed by atoms with E-state index in [1.165, 1.54) is 0 Å². The fourth-order valence-corrected chi connectivity index (χ4v) is 5.71. The van der Waals surface area contributed by atoms with Gasteiger partial charge in [-0.2, -0.15) is 0 Å². The lowest BCUT2D eigenvalue weighted by atomic mass is 10.1. The largest absolute Gasteiger partial charge is 0.492 e. The lowest BCUT2D eigenvalue weighted by Gasteiger charge is -2.11. The predicted octanol–water partition coefficient (Wildman–Crippen LogP) is 7.75. The van der Waals surface area contributed by atoms with Crippen LogP contribution in [0.1, 0.15) is 27.9 Å². The highest BCUT2D eigenvalue weighted by Crippen LogP contribution is 2.35. The van der Waals surface area contributed by atoms with Crippen LogP contribution in [0.2, 0.25) is 5.02 Å². The monoisotopic (exact) mass is 622 g/mol. The lowest BCUT2D eigenvalue weighted by Crippen LogP contribution is -2.33. The van der Waals surface area contributed by atoms with Crippen LogP contribution in [0.4, 0.5) is 4.79 Å². The number of amides is 2. The van der Waals surface area contributed by atoms with E-state index in [2.05, 4.69) is 20.5 Å². The summed E-state index contributed by atoms with van der Waals surface area (Å²) < 4.78 is 8.84. The summed E-state index contributed by atoms with van der Waals surface area (Å²) in [5.41, 5.74) is 3.30. The molecule has 198 valence electrons. The summed E-state index contributed by atoms with van der Waals surface area (Å²) in [7, 11) is 0. The van der Waals surface area contributed by atoms with Gasteiger partial charge in [0, 0.05) is 39.2 Å². The van der Waals surface area contributed by atoms with Crippen LogP contribution in [-0.4, -0.2) is 39.5 Å². The maximum absolute atomic E-state index is 13.1. The van der Waals surface area contributed by atoms with E-state index in [-0.39, 0.29) is 17.2 Å². The normalized spacial score (nSPS) is 14.5. The Morgan fingerprint density at radius 2 is 1.85 bits per heavy atom. The lowest BCUT2D eigenvalue weighted by molar-refractivity contribution is -0.122. The van der Waals surface area contributed by atoms with Crippen molar-refractivity contribution in [2.45, 2.75) is 19.9 Å². The molecule has 39 heavy (non-hydrogen) atoms. The number of benzene rings is 3. The smallest absolute Gasteiger partial charge is 0.293 e. The van der Waals surface area contributed by atoms with Crippen molar-refractivity contribution in [2.75, 3.05) is 13.2 Å². The SMILES string of the molecule is Cc1ccc(C(=O)CN2C(=O)S/C(=C\c3cn(CCCOc4ccccc4Cl)c4ccc(Br)cc34)C2=O)cc1. The summed E-state index contributed by atoms with van der Waals surface area (Å²) in [6.07, 6.45) is 4.44. The summed E-state index contributed by atoms with van der Waals surface area (Å²) in [5, 5.41) is 1.07. The van der Waals surface area contributed by atoms with Crippen molar-refractivity contribution in [3.8, 4) is 5.75 Å². The summed E-state index contributed by atoms with van der Waals surface area (Å²) in [5.74, 6) is -0.0923. The van der Waals surface area contributed by atoms with Crippen LogP contribution in [-0.2, 0) is 11.3 Å². The molecule has 5 rings (SSSR count). The standard InChI is InChI=1S/C30H24BrClN2O4S/c1-19-7-9-20(10-8-19)26(35)18-34-29(36)28(39-30(34)37)15-21-17-33(25-12-11-22(31)16-23(21)25)13-4-14-38-27-6-3-2-5-24(27)32/h2-3,5-12,15-17H,4,13-14,18H2,1H3/b28-15-. The van der Waals surface area contributed by atoms with Gasteiger partial charge < -0.3 is 9.30 Å². The number of aromatic nitrogens is 1. The van der Waals surface area contributed by atoms with Gasteiger partial charge in [-0.15, -0.1) is 0 Å². The number of carbonyl (C=O) groups excluding carboxylic acids is 3. The first kappa shape index (κ1) is 27.2. The molecule has 4 aromatic rings. The molecule has 0 aliphatic carbocycles. The molecular weight excluding hydrogens is 600 g/mol. The summed E-state index contributed by atoms with van der Waals surface area (Å²) in [4.78, 5) is 39.8. The zero-order chi connectivity index (χ0) is 27.5. The van der Waals surface area contributed by atoms with Crippen molar-refractivity contribution in [1.82, 2.24) is 9.47 Å². The number of nitrogens with zero attached hydrogens (tertiary/aromatic N) is 2. The highest BCUT2D eigenvalue weighted by molar-refractivity contribution is 9.10. The molecule has 0 unspecified atom stereocenters. The average Bonchev–Trinajstić information content (AvgIpc) is 3.39. The first-order valence-electron chi connectivity index (χ1n) is 12.3. The third kappa shape index (κ3) is 6.13. The Morgan fingerprint density at radius 1 is 1.08 bits per heavy atom. The highest BCUT2D eigenvalue weighted by Gasteiger charge is 2.36. The first-order valence-corrected chi connectivity index (χ1v) is 14.3. The molecule has 0 saturated carbocycles. The summed E-state index contributed by atoms with van der Waals surface area (Å²) in [6, 6.07) is 20.4. The number of carbonyl (C=O) groups is 3. The third-order valence-corrected chi connectivity index (χ3v) is 8.06. The van der Waals surface area contributed by atoms with Crippen LogP contribution in [0.25, 0.3) is 17.0 Å². The summed E-state index contributed by atoms with van der Waals surface area (Å²) >= 11 is 10.6. The Bertz CT molecular complexity index is 1610. The molecule has 0 spiro atoms. The number of ketones is 1. The molecule has 1 aliphatic rings. The van der Waals surface area contributed by atoms with Crippen molar-refractivity contribution in [2.24, 2.45) is 0 Å². The molecule has 1 aliphatic heterocycles.